The minimum atomic E-state index is 0.00694. The summed E-state index contributed by atoms with van der Waals surface area (Å²) in [6, 6.07) is 5.70. The summed E-state index contributed by atoms with van der Waals surface area (Å²) in [6.07, 6.45) is 10.4. The molecular formula is C24H37Cl2MnN5OS-4. The molecule has 2 bridgehead atoms. The fourth-order valence-electron chi connectivity index (χ4n) is 5.02. The van der Waals surface area contributed by atoms with Gasteiger partial charge < -0.3 is 26.4 Å². The average molecular weight is 570 g/mol. The molecule has 2 saturated carbocycles. The van der Waals surface area contributed by atoms with Crippen molar-refractivity contribution in [1.29, 1.82) is 0 Å². The first-order valence-corrected chi connectivity index (χ1v) is 16.7. The number of halogens is 2. The summed E-state index contributed by atoms with van der Waals surface area (Å²) in [5, 5.41) is 29.3. The van der Waals surface area contributed by atoms with Gasteiger partial charge in [-0.15, -0.1) is 24.9 Å². The number of aliphatic hydroxyl groups is 1. The van der Waals surface area contributed by atoms with Gasteiger partial charge in [-0.05, 0) is 18.6 Å². The zero-order valence-electron chi connectivity index (χ0n) is 19.8. The topological polar surface area (TPSA) is 89.5 Å². The molecule has 1 aliphatic heterocycles. The fraction of sp³-hybridized carbons (Fsp3) is 0.792. The van der Waals surface area contributed by atoms with Crippen LogP contribution in [0.3, 0.4) is 0 Å². The van der Waals surface area contributed by atoms with Gasteiger partial charge in [0.2, 0.25) is 0 Å². The fourth-order valence-corrected chi connectivity index (χ4v) is 5.97. The summed E-state index contributed by atoms with van der Waals surface area (Å²) in [5.41, 5.74) is 2.09. The Hall–Kier alpha value is 0.399. The van der Waals surface area contributed by atoms with Crippen LogP contribution in [-0.4, -0.2) is 59.7 Å². The number of hydrogen-bond acceptors (Lipinski definition) is 3. The van der Waals surface area contributed by atoms with E-state index in [4.69, 9.17) is 51.6 Å². The Kier molecular flexibility index (Phi) is 14.5. The van der Waals surface area contributed by atoms with Crippen molar-refractivity contribution in [3.05, 3.63) is 44.8 Å². The van der Waals surface area contributed by atoms with E-state index in [0.717, 1.165) is 62.3 Å². The van der Waals surface area contributed by atoms with Crippen LogP contribution in [0.15, 0.2) is 17.0 Å². The quantitative estimate of drug-likeness (QED) is 0.239. The molecule has 1 unspecified atom stereocenters. The molecule has 1 N–H and O–H groups in total. The molecular weight excluding hydrogens is 532 g/mol. The molecule has 0 aromatic carbocycles. The molecule has 0 spiro atoms. The van der Waals surface area contributed by atoms with E-state index in [-0.39, 0.29) is 19.7 Å². The van der Waals surface area contributed by atoms with Gasteiger partial charge in [-0.1, -0.05) is 51.4 Å². The Morgan fingerprint density at radius 2 is 1.26 bits per heavy atom. The van der Waals surface area contributed by atoms with Crippen LogP contribution in [0.5, 0.6) is 0 Å². The molecule has 1 aromatic heterocycles. The third-order valence-electron chi connectivity index (χ3n) is 6.67. The monoisotopic (exact) mass is 568 g/mol. The van der Waals surface area contributed by atoms with E-state index >= 15 is 0 Å². The summed E-state index contributed by atoms with van der Waals surface area (Å²) >= 11 is 1.80. The van der Waals surface area contributed by atoms with E-state index in [9.17, 15) is 0 Å². The van der Waals surface area contributed by atoms with Gasteiger partial charge in [-0.2, -0.15) is 37.3 Å². The van der Waals surface area contributed by atoms with Crippen LogP contribution in [0, 0.1) is 0 Å². The maximum atomic E-state index is 9.14. The molecule has 2 fully saturated rings. The number of rotatable bonds is 4. The standard InChI is InChI=1S/C24H37N5OS.2ClH.Mn/c30-12-5-13-31-20-14-18-16-27-23-8-3-1-6-21(23)25-10-11-26-22-7-2-4-9-24(22)28-17-19(15-20)29-18;;;/h14-15,21-24,30H,1-13,16-17H2;2*1H;/q-4;;;+2/p-2/t21-,22?,23-,24-;;;/m1.../s1. The number of nitrogens with zero attached hydrogens (tertiary/aromatic N) is 5. The second-order valence-electron chi connectivity index (χ2n) is 9.10. The van der Waals surface area contributed by atoms with Crippen LogP contribution in [0.4, 0.5) is 0 Å². The first-order valence-electron chi connectivity index (χ1n) is 12.5. The number of pyridine rings is 1. The van der Waals surface area contributed by atoms with Crippen molar-refractivity contribution in [1.82, 2.24) is 4.98 Å². The Bertz CT molecular complexity index is 659. The van der Waals surface area contributed by atoms with Crippen molar-refractivity contribution >= 4 is 32.0 Å². The molecule has 0 amide bonds. The van der Waals surface area contributed by atoms with Crippen LogP contribution in [0.25, 0.3) is 21.3 Å². The zero-order chi connectivity index (χ0) is 24.0. The maximum absolute atomic E-state index is 9.14. The van der Waals surface area contributed by atoms with Gasteiger partial charge in [-0.25, -0.2) is 0 Å². The van der Waals surface area contributed by atoms with E-state index in [0.29, 0.717) is 37.3 Å². The second-order valence-corrected chi connectivity index (χ2v) is 12.2. The summed E-state index contributed by atoms with van der Waals surface area (Å²) in [5.74, 6) is 0.917. The second kappa shape index (κ2) is 17.0. The van der Waals surface area contributed by atoms with Gasteiger partial charge in [0, 0.05) is 28.6 Å². The van der Waals surface area contributed by atoms with Gasteiger partial charge in [0.1, 0.15) is 0 Å². The van der Waals surface area contributed by atoms with Gasteiger partial charge >= 0.3 is 33.3 Å². The van der Waals surface area contributed by atoms with Crippen molar-refractivity contribution in [2.45, 2.75) is 99.9 Å². The molecule has 0 saturated heterocycles. The third kappa shape index (κ3) is 10.0. The van der Waals surface area contributed by atoms with E-state index in [1.807, 2.05) is 0 Å². The number of fused-ring (bicyclic) bond motifs is 4. The predicted octanol–water partition coefficient (Wildman–Crippen LogP) is 7.06. The van der Waals surface area contributed by atoms with Gasteiger partial charge in [0.05, 0.1) is 0 Å². The number of thioether (sulfide) groups is 1. The average Bonchev–Trinajstić information content (AvgIpc) is 2.86. The summed E-state index contributed by atoms with van der Waals surface area (Å²) in [4.78, 5) is 6.16. The number of aromatic nitrogens is 1. The van der Waals surface area contributed by atoms with E-state index in [2.05, 4.69) is 12.1 Å². The Morgan fingerprint density at radius 1 is 0.824 bits per heavy atom. The Balaban J connectivity index is 0.00000103. The third-order valence-corrected chi connectivity index (χ3v) is 7.73. The Morgan fingerprint density at radius 3 is 1.71 bits per heavy atom. The molecule has 1 aromatic rings. The molecule has 4 atom stereocenters. The van der Waals surface area contributed by atoms with Crippen LogP contribution in [0.1, 0.15) is 69.2 Å². The molecule has 3 aliphatic rings. The SMILES string of the molecule is OCCCSc1cc2nc(c1)C[N-][C@@H]1CCCC[C@H]1[N-]CC[N-]C1CCCC[C@H]1[N-]C2.[Cl][Mn][Cl]. The number of hydrogen-bond donors (Lipinski definition) is 1. The molecule has 2 aliphatic carbocycles. The van der Waals surface area contributed by atoms with E-state index < -0.39 is 0 Å². The van der Waals surface area contributed by atoms with Crippen LogP contribution < -0.4 is 0 Å². The molecule has 10 heteroatoms. The minimum absolute atomic E-state index is 0.00694. The predicted molar refractivity (Wildman–Crippen MR) is 141 cm³/mol. The molecule has 0 radical (unpaired) electrons. The summed E-state index contributed by atoms with van der Waals surface area (Å²) in [7, 11) is 9.59. The Labute approximate surface area is 224 Å². The molecule has 4 rings (SSSR count). The van der Waals surface area contributed by atoms with Crippen molar-refractivity contribution in [2.24, 2.45) is 0 Å². The van der Waals surface area contributed by atoms with Crippen molar-refractivity contribution in [3.63, 3.8) is 0 Å². The first-order chi connectivity index (χ1) is 16.7. The summed E-state index contributed by atoms with van der Waals surface area (Å²) < 4.78 is 0. The zero-order valence-corrected chi connectivity index (χ0v) is 23.3. The van der Waals surface area contributed by atoms with Crippen LogP contribution >= 0.6 is 32.0 Å². The first kappa shape index (κ1) is 29.0. The van der Waals surface area contributed by atoms with Crippen LogP contribution in [0.2, 0.25) is 0 Å². The molecule has 34 heavy (non-hydrogen) atoms. The van der Waals surface area contributed by atoms with E-state index in [1.165, 1.54) is 30.6 Å². The van der Waals surface area contributed by atoms with Gasteiger partial charge in [-0.3, -0.25) is 4.98 Å². The van der Waals surface area contributed by atoms with Crippen molar-refractivity contribution < 1.29 is 18.2 Å². The molecule has 2 heterocycles. The van der Waals surface area contributed by atoms with Crippen molar-refractivity contribution in [2.75, 3.05) is 25.4 Å². The van der Waals surface area contributed by atoms with E-state index in [1.54, 1.807) is 11.8 Å². The molecule has 6 nitrogen and oxygen atoms in total. The molecule has 195 valence electrons. The van der Waals surface area contributed by atoms with Crippen LogP contribution in [-0.2, 0) is 26.2 Å². The van der Waals surface area contributed by atoms with Gasteiger partial charge in [0.15, 0.2) is 0 Å². The van der Waals surface area contributed by atoms with Crippen molar-refractivity contribution in [3.8, 4) is 0 Å². The van der Waals surface area contributed by atoms with Gasteiger partial charge in [0.25, 0.3) is 0 Å². The normalized spacial score (nSPS) is 28.3. The summed E-state index contributed by atoms with van der Waals surface area (Å²) in [6.45, 7) is 3.22. The number of aliphatic hydroxyl groups excluding tert-OH is 1.